The highest BCUT2D eigenvalue weighted by Gasteiger charge is 2.37. The van der Waals surface area contributed by atoms with Crippen molar-refractivity contribution >= 4 is 0 Å². The molecule has 0 bridgehead atoms. The van der Waals surface area contributed by atoms with E-state index in [4.69, 9.17) is 15.3 Å². The fraction of sp³-hybridized carbons (Fsp3) is 0.647. The summed E-state index contributed by atoms with van der Waals surface area (Å²) in [7, 11) is 1.68. The summed E-state index contributed by atoms with van der Waals surface area (Å²) in [5.41, 5.74) is 4.39. The van der Waals surface area contributed by atoms with Crippen LogP contribution in [-0.2, 0) is 4.74 Å². The maximum absolute atomic E-state index is 5.91. The molecule has 21 heavy (non-hydrogen) atoms. The van der Waals surface area contributed by atoms with Gasteiger partial charge in [-0.05, 0) is 24.3 Å². The molecule has 1 aromatic carbocycles. The summed E-state index contributed by atoms with van der Waals surface area (Å²) in [6.07, 6.45) is 6.30. The van der Waals surface area contributed by atoms with Crippen LogP contribution in [0.2, 0.25) is 0 Å². The molecule has 1 atom stereocenters. The first-order valence-corrected chi connectivity index (χ1v) is 7.88. The molecule has 0 spiro atoms. The summed E-state index contributed by atoms with van der Waals surface area (Å²) in [5, 5.41) is 0. The quantitative estimate of drug-likeness (QED) is 0.460. The van der Waals surface area contributed by atoms with Crippen molar-refractivity contribution in [2.45, 2.75) is 45.1 Å². The predicted octanol–water partition coefficient (Wildman–Crippen LogP) is 3.19. The first-order valence-electron chi connectivity index (χ1n) is 7.88. The molecular weight excluding hydrogens is 264 g/mol. The molecule has 0 aromatic heterocycles. The Morgan fingerprint density at radius 3 is 2.57 bits per heavy atom. The van der Waals surface area contributed by atoms with Crippen LogP contribution in [0.15, 0.2) is 24.3 Å². The molecule has 0 aliphatic heterocycles. The predicted molar refractivity (Wildman–Crippen MR) is 85.1 cm³/mol. The van der Waals surface area contributed by atoms with E-state index in [1.54, 1.807) is 7.11 Å². The lowest BCUT2D eigenvalue weighted by Gasteiger charge is -2.41. The number of nitrogens with two attached hydrogens (primary N) is 1. The third-order valence-electron chi connectivity index (χ3n) is 4.63. The Hall–Kier alpha value is -1.10. The highest BCUT2D eigenvalue weighted by Crippen LogP contribution is 2.47. The number of benzene rings is 1. The molecule has 1 saturated carbocycles. The van der Waals surface area contributed by atoms with E-state index >= 15 is 0 Å². The number of methoxy groups -OCH3 is 1. The third-order valence-corrected chi connectivity index (χ3v) is 4.63. The number of hydrogen-bond acceptors (Lipinski definition) is 4. The average molecular weight is 292 g/mol. The minimum atomic E-state index is 0.122. The zero-order chi connectivity index (χ0) is 15.1. The summed E-state index contributed by atoms with van der Waals surface area (Å²) in [6.45, 7) is 3.48. The third kappa shape index (κ3) is 3.96. The molecular formula is C17H28N2O2. The fourth-order valence-electron chi connectivity index (χ4n) is 3.40. The Balaban J connectivity index is 2.20. The van der Waals surface area contributed by atoms with E-state index in [0.717, 1.165) is 11.3 Å². The highest BCUT2D eigenvalue weighted by atomic mass is 16.5. The standard InChI is InChI=1S/C17H28N2O2/c1-17(10-6-3-7-11-17)16(19-18)14-8-4-5-9-15(14)21-13-12-20-2/h4-5,8-9,16,19H,3,6-7,10-13,18H2,1-2H3. The molecule has 4 nitrogen and oxygen atoms in total. The molecule has 0 saturated heterocycles. The van der Waals surface area contributed by atoms with Crippen LogP contribution >= 0.6 is 0 Å². The Morgan fingerprint density at radius 2 is 1.90 bits per heavy atom. The molecule has 0 amide bonds. The van der Waals surface area contributed by atoms with Gasteiger partial charge in [0.2, 0.25) is 0 Å². The Morgan fingerprint density at radius 1 is 1.19 bits per heavy atom. The van der Waals surface area contributed by atoms with Gasteiger partial charge in [0.15, 0.2) is 0 Å². The number of hydrogen-bond donors (Lipinski definition) is 2. The molecule has 118 valence electrons. The smallest absolute Gasteiger partial charge is 0.124 e. The summed E-state index contributed by atoms with van der Waals surface area (Å²) >= 11 is 0. The van der Waals surface area contributed by atoms with Crippen LogP contribution in [0.5, 0.6) is 5.75 Å². The maximum Gasteiger partial charge on any atom is 0.124 e. The number of para-hydroxylation sites is 1. The van der Waals surface area contributed by atoms with Crippen molar-refractivity contribution in [1.29, 1.82) is 0 Å². The van der Waals surface area contributed by atoms with Gasteiger partial charge in [0.25, 0.3) is 0 Å². The van der Waals surface area contributed by atoms with Gasteiger partial charge in [-0.3, -0.25) is 11.3 Å². The fourth-order valence-corrected chi connectivity index (χ4v) is 3.40. The minimum absolute atomic E-state index is 0.122. The SMILES string of the molecule is COCCOc1ccccc1C(NN)C1(C)CCCCC1. The first-order chi connectivity index (χ1) is 10.2. The average Bonchev–Trinajstić information content (AvgIpc) is 2.50. The van der Waals surface area contributed by atoms with Crippen LogP contribution in [0.25, 0.3) is 0 Å². The van der Waals surface area contributed by atoms with Crippen molar-refractivity contribution < 1.29 is 9.47 Å². The molecule has 1 aromatic rings. The van der Waals surface area contributed by atoms with E-state index in [0.29, 0.717) is 13.2 Å². The van der Waals surface area contributed by atoms with Crippen LogP contribution in [0.3, 0.4) is 0 Å². The maximum atomic E-state index is 5.91. The summed E-state index contributed by atoms with van der Waals surface area (Å²) in [5.74, 6) is 6.82. The van der Waals surface area contributed by atoms with Crippen molar-refractivity contribution in [2.24, 2.45) is 11.3 Å². The number of rotatable bonds is 7. The molecule has 0 heterocycles. The van der Waals surface area contributed by atoms with Crippen molar-refractivity contribution in [3.05, 3.63) is 29.8 Å². The normalized spacial score (nSPS) is 19.2. The topological polar surface area (TPSA) is 56.5 Å². The van der Waals surface area contributed by atoms with Crippen LogP contribution in [0.1, 0.15) is 50.6 Å². The Kier molecular flexibility index (Phi) is 6.03. The lowest BCUT2D eigenvalue weighted by Crippen LogP contribution is -2.41. The molecule has 1 aliphatic rings. The van der Waals surface area contributed by atoms with E-state index in [-0.39, 0.29) is 11.5 Å². The summed E-state index contributed by atoms with van der Waals surface area (Å²) in [4.78, 5) is 0. The van der Waals surface area contributed by atoms with Crippen LogP contribution < -0.4 is 16.0 Å². The van der Waals surface area contributed by atoms with Gasteiger partial charge in [-0.15, -0.1) is 0 Å². The van der Waals surface area contributed by atoms with Gasteiger partial charge < -0.3 is 9.47 Å². The van der Waals surface area contributed by atoms with Gasteiger partial charge in [-0.1, -0.05) is 44.4 Å². The van der Waals surface area contributed by atoms with Gasteiger partial charge in [-0.2, -0.15) is 0 Å². The monoisotopic (exact) mass is 292 g/mol. The van der Waals surface area contributed by atoms with E-state index in [2.05, 4.69) is 24.5 Å². The highest BCUT2D eigenvalue weighted by molar-refractivity contribution is 5.37. The Labute approximate surface area is 128 Å². The zero-order valence-corrected chi connectivity index (χ0v) is 13.2. The van der Waals surface area contributed by atoms with E-state index < -0.39 is 0 Å². The van der Waals surface area contributed by atoms with Crippen LogP contribution in [-0.4, -0.2) is 20.3 Å². The molecule has 4 heteroatoms. The zero-order valence-electron chi connectivity index (χ0n) is 13.2. The Bertz CT molecular complexity index is 431. The van der Waals surface area contributed by atoms with Gasteiger partial charge >= 0.3 is 0 Å². The molecule has 1 aliphatic carbocycles. The largest absolute Gasteiger partial charge is 0.491 e. The van der Waals surface area contributed by atoms with E-state index in [1.807, 2.05) is 12.1 Å². The molecule has 3 N–H and O–H groups in total. The van der Waals surface area contributed by atoms with Crippen molar-refractivity contribution in [1.82, 2.24) is 5.43 Å². The number of nitrogens with one attached hydrogen (secondary N) is 1. The molecule has 1 fully saturated rings. The van der Waals surface area contributed by atoms with Gasteiger partial charge in [0, 0.05) is 12.7 Å². The second-order valence-electron chi connectivity index (χ2n) is 6.19. The van der Waals surface area contributed by atoms with Crippen LogP contribution in [0, 0.1) is 5.41 Å². The molecule has 2 rings (SSSR count). The first kappa shape index (κ1) is 16.3. The second-order valence-corrected chi connectivity index (χ2v) is 6.19. The van der Waals surface area contributed by atoms with Crippen molar-refractivity contribution in [2.75, 3.05) is 20.3 Å². The second kappa shape index (κ2) is 7.78. The van der Waals surface area contributed by atoms with Gasteiger partial charge in [0.1, 0.15) is 12.4 Å². The van der Waals surface area contributed by atoms with E-state index in [1.165, 1.54) is 32.1 Å². The number of ether oxygens (including phenoxy) is 2. The molecule has 1 unspecified atom stereocenters. The number of hydrazine groups is 1. The lowest BCUT2D eigenvalue weighted by molar-refractivity contribution is 0.131. The van der Waals surface area contributed by atoms with Gasteiger partial charge in [-0.25, -0.2) is 0 Å². The van der Waals surface area contributed by atoms with E-state index in [9.17, 15) is 0 Å². The van der Waals surface area contributed by atoms with Gasteiger partial charge in [0.05, 0.1) is 12.6 Å². The van der Waals surface area contributed by atoms with Crippen molar-refractivity contribution in [3.8, 4) is 5.75 Å². The molecule has 0 radical (unpaired) electrons. The lowest BCUT2D eigenvalue weighted by atomic mass is 9.68. The van der Waals surface area contributed by atoms with Crippen LogP contribution in [0.4, 0.5) is 0 Å². The summed E-state index contributed by atoms with van der Waals surface area (Å²) in [6, 6.07) is 8.31. The minimum Gasteiger partial charge on any atom is -0.491 e. The van der Waals surface area contributed by atoms with Crippen molar-refractivity contribution in [3.63, 3.8) is 0 Å². The summed E-state index contributed by atoms with van der Waals surface area (Å²) < 4.78 is 10.9.